The van der Waals surface area contributed by atoms with Crippen molar-refractivity contribution in [3.05, 3.63) is 173 Å². The number of aromatic nitrogens is 1. The van der Waals surface area contributed by atoms with Crippen molar-refractivity contribution in [3.8, 4) is 33.4 Å². The second kappa shape index (κ2) is 12.2. The molecule has 0 atom stereocenters. The summed E-state index contributed by atoms with van der Waals surface area (Å²) >= 11 is 0. The van der Waals surface area contributed by atoms with Gasteiger partial charge in [-0.25, -0.2) is 0 Å². The molecule has 4 heteroatoms. The van der Waals surface area contributed by atoms with E-state index in [4.69, 9.17) is 4.42 Å². The van der Waals surface area contributed by atoms with Gasteiger partial charge in [-0.3, -0.25) is 0 Å². The van der Waals surface area contributed by atoms with Crippen molar-refractivity contribution in [2.24, 2.45) is 0 Å². The van der Waals surface area contributed by atoms with Crippen LogP contribution in [0.25, 0.3) is 77.1 Å². The van der Waals surface area contributed by atoms with Crippen LogP contribution < -0.4 is 15.8 Å². The minimum Gasteiger partial charge on any atom is -0.456 e. The van der Waals surface area contributed by atoms with E-state index in [-0.39, 0.29) is 28.5 Å². The predicted octanol–water partition coefficient (Wildman–Crippen LogP) is 15.3. The Morgan fingerprint density at radius 1 is 0.485 bits per heavy atom. The molecular formula is C62H53BN2O. The highest BCUT2D eigenvalue weighted by Crippen LogP contribution is 2.56. The monoisotopic (exact) mass is 852 g/mol. The van der Waals surface area contributed by atoms with Crippen LogP contribution in [-0.2, 0) is 21.7 Å². The lowest BCUT2D eigenvalue weighted by atomic mass is 9.44. The van der Waals surface area contributed by atoms with E-state index in [0.29, 0.717) is 0 Å². The molecule has 66 heavy (non-hydrogen) atoms. The average Bonchev–Trinajstić information content (AvgIpc) is 3.97. The minimum absolute atomic E-state index is 0.000399. The van der Waals surface area contributed by atoms with Gasteiger partial charge >= 0.3 is 6.85 Å². The molecule has 8 aromatic carbocycles. The topological polar surface area (TPSA) is 21.3 Å². The third-order valence-corrected chi connectivity index (χ3v) is 16.4. The number of fused-ring (bicyclic) bond motifs is 17. The van der Waals surface area contributed by atoms with Crippen molar-refractivity contribution < 1.29 is 4.42 Å². The molecule has 0 radical (unpaired) electrons. The maximum Gasteiger partial charge on any atom is 0.333 e. The Labute approximate surface area is 387 Å². The van der Waals surface area contributed by atoms with Crippen molar-refractivity contribution >= 4 is 78.6 Å². The third kappa shape index (κ3) is 4.70. The van der Waals surface area contributed by atoms with Gasteiger partial charge < -0.3 is 13.8 Å². The van der Waals surface area contributed by atoms with Gasteiger partial charge in [0.15, 0.2) is 0 Å². The fraction of sp³-hybridized carbons (Fsp3) is 0.226. The Morgan fingerprint density at radius 2 is 1.12 bits per heavy atom. The lowest BCUT2D eigenvalue weighted by Gasteiger charge is -2.42. The van der Waals surface area contributed by atoms with Crippen molar-refractivity contribution in [1.29, 1.82) is 0 Å². The summed E-state index contributed by atoms with van der Waals surface area (Å²) in [6.45, 7) is 23.6. The molecule has 0 spiro atoms. The Morgan fingerprint density at radius 3 is 1.85 bits per heavy atom. The van der Waals surface area contributed by atoms with Gasteiger partial charge in [-0.15, -0.1) is 0 Å². The fourth-order valence-corrected chi connectivity index (χ4v) is 13.0. The smallest absolute Gasteiger partial charge is 0.333 e. The van der Waals surface area contributed by atoms with Crippen molar-refractivity contribution in [1.82, 2.24) is 4.48 Å². The molecular weight excluding hydrogens is 800 g/mol. The SMILES string of the molecule is CC(C)(C)c1ccc2c(c1)c1cc(C(C)(C)C)cc3c1n2B1c2cc4c(cc2N(c2ccc5c(c2)-c2ccccc2C5(C)C)c2c1c-3cc1oc3ccccc3c21)-c1ccccc1C4(C)C. The van der Waals surface area contributed by atoms with Crippen LogP contribution in [0.2, 0.25) is 0 Å². The van der Waals surface area contributed by atoms with Crippen LogP contribution in [0.1, 0.15) is 103 Å². The second-order valence-electron chi connectivity index (χ2n) is 22.9. The Balaban J connectivity index is 1.19. The van der Waals surface area contributed by atoms with Crippen LogP contribution in [0, 0.1) is 0 Å². The molecule has 3 nitrogen and oxygen atoms in total. The molecule has 10 aromatic rings. The van der Waals surface area contributed by atoms with Crippen LogP contribution in [0.5, 0.6) is 0 Å². The Kier molecular flexibility index (Phi) is 7.09. The molecule has 0 amide bonds. The lowest BCUT2D eigenvalue weighted by molar-refractivity contribution is 0.590. The quantitative estimate of drug-likeness (QED) is 0.153. The number of rotatable bonds is 1. The number of nitrogens with zero attached hydrogens (tertiary/aromatic N) is 2. The number of benzene rings is 8. The molecule has 14 rings (SSSR count). The summed E-state index contributed by atoms with van der Waals surface area (Å²) in [5.74, 6) is 0. The van der Waals surface area contributed by atoms with Gasteiger partial charge in [0.25, 0.3) is 0 Å². The first kappa shape index (κ1) is 38.5. The summed E-state index contributed by atoms with van der Waals surface area (Å²) in [5, 5.41) is 4.96. The van der Waals surface area contributed by atoms with E-state index in [0.717, 1.165) is 22.2 Å². The van der Waals surface area contributed by atoms with E-state index in [2.05, 4.69) is 218 Å². The van der Waals surface area contributed by atoms with E-state index in [1.807, 2.05) is 0 Å². The van der Waals surface area contributed by atoms with E-state index in [1.165, 1.54) is 116 Å². The number of para-hydroxylation sites is 1. The van der Waals surface area contributed by atoms with E-state index >= 15 is 0 Å². The molecule has 320 valence electrons. The van der Waals surface area contributed by atoms with Gasteiger partial charge in [-0.05, 0) is 138 Å². The lowest BCUT2D eigenvalue weighted by Crippen LogP contribution is -2.57. The molecule has 0 bridgehead atoms. The molecule has 0 fully saturated rings. The normalized spacial score (nSPS) is 15.9. The maximum atomic E-state index is 7.05. The molecule has 0 N–H and O–H groups in total. The van der Waals surface area contributed by atoms with Crippen molar-refractivity contribution in [3.63, 3.8) is 0 Å². The zero-order valence-corrected chi connectivity index (χ0v) is 39.7. The summed E-state index contributed by atoms with van der Waals surface area (Å²) in [7, 11) is 0. The molecule has 0 unspecified atom stereocenters. The zero-order chi connectivity index (χ0) is 45.1. The van der Waals surface area contributed by atoms with Gasteiger partial charge in [0.05, 0.1) is 11.1 Å². The highest BCUT2D eigenvalue weighted by molar-refractivity contribution is 6.90. The summed E-state index contributed by atoms with van der Waals surface area (Å²) in [6.07, 6.45) is 0. The number of anilines is 3. The van der Waals surface area contributed by atoms with Gasteiger partial charge in [0.1, 0.15) is 11.2 Å². The van der Waals surface area contributed by atoms with Gasteiger partial charge in [-0.1, -0.05) is 154 Å². The molecule has 0 saturated carbocycles. The number of hydrogen-bond acceptors (Lipinski definition) is 2. The maximum absolute atomic E-state index is 7.05. The summed E-state index contributed by atoms with van der Waals surface area (Å²) < 4.78 is 9.80. The van der Waals surface area contributed by atoms with E-state index in [9.17, 15) is 0 Å². The third-order valence-electron chi connectivity index (χ3n) is 16.4. The van der Waals surface area contributed by atoms with Crippen molar-refractivity contribution in [2.45, 2.75) is 90.9 Å². The standard InChI is InChI=1S/C62H53BN2O/c1-59(2,3)34-23-26-51-42(27-34)44-28-35(60(4,5)6)29-45-43-32-54-55(39-19-13-16-22-53(39)66-54)58-56(43)63(65(51)57(44)45)50-33-49-41(38-18-12-15-21-47(38)62(49,9)10)31-52(50)64(58)36-24-25-48-40(30-36)37-17-11-14-20-46(37)61(48,7)8/h11-33H,1-10H3. The molecule has 2 aliphatic heterocycles. The Hall–Kier alpha value is -6.78. The Bertz CT molecular complexity index is 3860. The number of hydrogen-bond donors (Lipinski definition) is 0. The summed E-state index contributed by atoms with van der Waals surface area (Å²) in [6, 6.07) is 54.1. The summed E-state index contributed by atoms with van der Waals surface area (Å²) in [4.78, 5) is 2.65. The highest BCUT2D eigenvalue weighted by atomic mass is 16.3. The largest absolute Gasteiger partial charge is 0.456 e. The second-order valence-corrected chi connectivity index (χ2v) is 22.9. The first-order valence-electron chi connectivity index (χ1n) is 24.0. The van der Waals surface area contributed by atoms with Gasteiger partial charge in [0.2, 0.25) is 0 Å². The first-order chi connectivity index (χ1) is 31.5. The zero-order valence-electron chi connectivity index (χ0n) is 39.7. The molecule has 0 saturated heterocycles. The predicted molar refractivity (Wildman–Crippen MR) is 280 cm³/mol. The van der Waals surface area contributed by atoms with E-state index < -0.39 is 0 Å². The van der Waals surface area contributed by atoms with Crippen LogP contribution in [-0.4, -0.2) is 11.3 Å². The highest BCUT2D eigenvalue weighted by Gasteiger charge is 2.48. The van der Waals surface area contributed by atoms with E-state index in [1.54, 1.807) is 0 Å². The summed E-state index contributed by atoms with van der Waals surface area (Å²) in [5.41, 5.74) is 26.4. The van der Waals surface area contributed by atoms with Gasteiger partial charge in [0, 0.05) is 55.0 Å². The average molecular weight is 853 g/mol. The molecule has 4 heterocycles. The van der Waals surface area contributed by atoms with Crippen LogP contribution in [0.3, 0.4) is 0 Å². The fourth-order valence-electron chi connectivity index (χ4n) is 13.0. The minimum atomic E-state index is -0.174. The van der Waals surface area contributed by atoms with Crippen molar-refractivity contribution in [2.75, 3.05) is 4.90 Å². The van der Waals surface area contributed by atoms with Crippen LogP contribution >= 0.6 is 0 Å². The van der Waals surface area contributed by atoms with Crippen LogP contribution in [0.4, 0.5) is 17.1 Å². The number of furan rings is 1. The first-order valence-corrected chi connectivity index (χ1v) is 24.0. The molecule has 4 aliphatic rings. The molecule has 2 aromatic heterocycles. The van der Waals surface area contributed by atoms with Gasteiger partial charge in [-0.2, -0.15) is 0 Å². The van der Waals surface area contributed by atoms with Crippen LogP contribution in [0.15, 0.2) is 144 Å². The molecule has 2 aliphatic carbocycles.